The predicted molar refractivity (Wildman–Crippen MR) is 309 cm³/mol. The van der Waals surface area contributed by atoms with Crippen molar-refractivity contribution in [3.05, 3.63) is 230 Å². The lowest BCUT2D eigenvalue weighted by atomic mass is 10.0. The molecule has 74 heavy (non-hydrogen) atoms. The number of anilines is 6. The molecule has 0 amide bonds. The van der Waals surface area contributed by atoms with Crippen LogP contribution in [0.4, 0.5) is 34.1 Å². The molecular weight excluding hydrogens is 905 g/mol. The van der Waals surface area contributed by atoms with E-state index >= 15 is 0 Å². The summed E-state index contributed by atoms with van der Waals surface area (Å²) in [6.45, 7) is 4.34. The van der Waals surface area contributed by atoms with Gasteiger partial charge in [-0.05, 0) is 110 Å². The second kappa shape index (κ2) is 14.4. The van der Waals surface area contributed by atoms with Crippen molar-refractivity contribution in [2.45, 2.75) is 13.8 Å². The molecule has 0 atom stereocenters. The molecule has 0 saturated carbocycles. The first-order valence-electron chi connectivity index (χ1n) is 25.4. The predicted octanol–water partition coefficient (Wildman–Crippen LogP) is 19.3. The quantitative estimate of drug-likeness (QED) is 0.167. The highest BCUT2D eigenvalue weighted by Gasteiger charge is 2.30. The maximum Gasteiger partial charge on any atom is 0.159 e. The van der Waals surface area contributed by atoms with Gasteiger partial charge in [-0.2, -0.15) is 0 Å². The Morgan fingerprint density at radius 3 is 1.16 bits per heavy atom. The van der Waals surface area contributed by atoms with Crippen molar-refractivity contribution in [2.75, 3.05) is 9.80 Å². The Morgan fingerprint density at radius 2 is 0.703 bits per heavy atom. The number of nitrogens with zero attached hydrogens (tertiary/aromatic N) is 4. The fourth-order valence-corrected chi connectivity index (χ4v) is 13.0. The molecule has 0 spiro atoms. The van der Waals surface area contributed by atoms with Crippen LogP contribution in [0, 0.1) is 13.8 Å². The second-order valence-electron chi connectivity index (χ2n) is 20.2. The van der Waals surface area contributed by atoms with E-state index < -0.39 is 0 Å². The summed E-state index contributed by atoms with van der Waals surface area (Å²) in [6, 6.07) is 79.6. The third kappa shape index (κ3) is 5.18. The van der Waals surface area contributed by atoms with E-state index in [4.69, 9.17) is 8.83 Å². The average Bonchev–Trinajstić information content (AvgIpc) is 4.31. The Balaban J connectivity index is 0.952. The zero-order valence-corrected chi connectivity index (χ0v) is 40.4. The maximum atomic E-state index is 6.79. The maximum absolute atomic E-state index is 6.79. The molecule has 0 aliphatic carbocycles. The SMILES string of the molecule is Cc1cccc(N(c2cccc3c2oc2ccccc23)c2ccc3c4cc5c(cc4n4c6ccccc6c2c34)c2ccc(N(c3cccc(C)c3)c3cccc4c3oc3ccccc34)c3c4ccccc4n5c23)c1. The third-order valence-corrected chi connectivity index (χ3v) is 16.0. The lowest BCUT2D eigenvalue weighted by Crippen LogP contribution is -2.11. The molecule has 6 heterocycles. The van der Waals surface area contributed by atoms with Crippen LogP contribution in [0.2, 0.25) is 0 Å². The summed E-state index contributed by atoms with van der Waals surface area (Å²) < 4.78 is 18.6. The van der Waals surface area contributed by atoms with Gasteiger partial charge in [0.15, 0.2) is 11.2 Å². The standard InChI is InChI=1S/C68H42N4O2/c1-39-15-11-17-41(35-39)69(57-27-13-23-47-43-19-5-9-29-61(43)73-67(47)57)55-33-31-45-51-37-60-52(38-59(51)71-53-25-7-3-21-49(53)63(55)65(45)71)46-32-34-56(64-50-22-4-8-26-54(50)72(60)66(46)64)70(42-18-12-16-40(2)36-42)58-28-14-24-48-44-20-6-10-30-62(44)74-68(48)58/h3-38H,1-2H3. The summed E-state index contributed by atoms with van der Waals surface area (Å²) in [5.41, 5.74) is 19.4. The first-order chi connectivity index (χ1) is 36.6. The van der Waals surface area contributed by atoms with Gasteiger partial charge in [-0.25, -0.2) is 0 Å². The number of hydrogen-bond donors (Lipinski definition) is 0. The number of para-hydroxylation sites is 6. The van der Waals surface area contributed by atoms with Crippen LogP contribution in [0.5, 0.6) is 0 Å². The van der Waals surface area contributed by atoms with Crippen molar-refractivity contribution in [3.8, 4) is 0 Å². The monoisotopic (exact) mass is 946 g/mol. The second-order valence-corrected chi connectivity index (χ2v) is 20.2. The van der Waals surface area contributed by atoms with Crippen LogP contribution in [-0.4, -0.2) is 8.80 Å². The van der Waals surface area contributed by atoms with E-state index in [2.05, 4.69) is 239 Å². The van der Waals surface area contributed by atoms with Gasteiger partial charge in [-0.3, -0.25) is 0 Å². The topological polar surface area (TPSA) is 41.6 Å². The van der Waals surface area contributed by atoms with Gasteiger partial charge >= 0.3 is 0 Å². The molecule has 17 rings (SSSR count). The van der Waals surface area contributed by atoms with Crippen molar-refractivity contribution < 1.29 is 8.83 Å². The lowest BCUT2D eigenvalue weighted by molar-refractivity contribution is 0.669. The van der Waals surface area contributed by atoms with Crippen LogP contribution in [-0.2, 0) is 0 Å². The fourth-order valence-electron chi connectivity index (χ4n) is 13.0. The normalized spacial score (nSPS) is 12.5. The molecule has 6 aromatic heterocycles. The first kappa shape index (κ1) is 39.9. The molecule has 0 aliphatic rings. The number of aryl methyl sites for hydroxylation is 2. The summed E-state index contributed by atoms with van der Waals surface area (Å²) >= 11 is 0. The zero-order valence-electron chi connectivity index (χ0n) is 40.4. The summed E-state index contributed by atoms with van der Waals surface area (Å²) in [7, 11) is 0. The zero-order chi connectivity index (χ0) is 48.5. The smallest absolute Gasteiger partial charge is 0.159 e. The first-order valence-corrected chi connectivity index (χ1v) is 25.4. The molecule has 0 fully saturated rings. The Hall–Kier alpha value is -9.78. The molecule has 11 aromatic carbocycles. The van der Waals surface area contributed by atoms with Gasteiger partial charge in [0.05, 0.1) is 55.8 Å². The number of benzene rings is 11. The Kier molecular flexibility index (Phi) is 7.78. The third-order valence-electron chi connectivity index (χ3n) is 16.0. The van der Waals surface area contributed by atoms with Crippen molar-refractivity contribution in [1.29, 1.82) is 0 Å². The van der Waals surface area contributed by atoms with Gasteiger partial charge in [0.2, 0.25) is 0 Å². The molecule has 0 N–H and O–H groups in total. The van der Waals surface area contributed by atoms with Gasteiger partial charge < -0.3 is 27.4 Å². The van der Waals surface area contributed by atoms with Gasteiger partial charge in [-0.15, -0.1) is 0 Å². The number of hydrogen-bond acceptors (Lipinski definition) is 4. The summed E-state index contributed by atoms with van der Waals surface area (Å²) in [6.07, 6.45) is 0. The molecule has 6 heteroatoms. The van der Waals surface area contributed by atoms with E-state index in [0.29, 0.717) is 0 Å². The van der Waals surface area contributed by atoms with E-state index in [1.165, 1.54) is 87.3 Å². The van der Waals surface area contributed by atoms with Crippen molar-refractivity contribution in [2.24, 2.45) is 0 Å². The molecule has 346 valence electrons. The minimum absolute atomic E-state index is 0.867. The van der Waals surface area contributed by atoms with Crippen molar-refractivity contribution in [3.63, 3.8) is 0 Å². The van der Waals surface area contributed by atoms with E-state index in [-0.39, 0.29) is 0 Å². The van der Waals surface area contributed by atoms with Crippen LogP contribution in [0.1, 0.15) is 11.1 Å². The van der Waals surface area contributed by atoms with Gasteiger partial charge in [0, 0.05) is 76.0 Å². The minimum Gasteiger partial charge on any atom is -0.454 e. The van der Waals surface area contributed by atoms with E-state index in [1.54, 1.807) is 0 Å². The molecule has 0 bridgehead atoms. The highest BCUT2D eigenvalue weighted by Crippen LogP contribution is 2.53. The number of rotatable bonds is 6. The average molecular weight is 947 g/mol. The van der Waals surface area contributed by atoms with Gasteiger partial charge in [0.1, 0.15) is 11.2 Å². The van der Waals surface area contributed by atoms with Crippen LogP contribution >= 0.6 is 0 Å². The number of aromatic nitrogens is 2. The van der Waals surface area contributed by atoms with Crippen LogP contribution in [0.25, 0.3) is 120 Å². The van der Waals surface area contributed by atoms with Gasteiger partial charge in [0.25, 0.3) is 0 Å². The van der Waals surface area contributed by atoms with Crippen LogP contribution < -0.4 is 9.80 Å². The minimum atomic E-state index is 0.867. The molecule has 0 radical (unpaired) electrons. The van der Waals surface area contributed by atoms with Gasteiger partial charge in [-0.1, -0.05) is 133 Å². The van der Waals surface area contributed by atoms with Crippen molar-refractivity contribution in [1.82, 2.24) is 8.80 Å². The van der Waals surface area contributed by atoms with E-state index in [1.807, 2.05) is 12.1 Å². The molecule has 6 nitrogen and oxygen atoms in total. The van der Waals surface area contributed by atoms with E-state index in [9.17, 15) is 0 Å². The Labute approximate surface area is 423 Å². The lowest BCUT2D eigenvalue weighted by Gasteiger charge is -2.27. The highest BCUT2D eigenvalue weighted by molar-refractivity contribution is 6.32. The van der Waals surface area contributed by atoms with Crippen molar-refractivity contribution >= 4 is 154 Å². The molecule has 0 unspecified atom stereocenters. The Morgan fingerprint density at radius 1 is 0.297 bits per heavy atom. The largest absolute Gasteiger partial charge is 0.454 e. The van der Waals surface area contributed by atoms with E-state index in [0.717, 1.165) is 78.0 Å². The molecular formula is C68H42N4O2. The number of furan rings is 2. The fraction of sp³-hybridized carbons (Fsp3) is 0.0294. The van der Waals surface area contributed by atoms with Crippen LogP contribution in [0.3, 0.4) is 0 Å². The molecule has 0 saturated heterocycles. The van der Waals surface area contributed by atoms with Crippen LogP contribution in [0.15, 0.2) is 227 Å². The summed E-state index contributed by atoms with van der Waals surface area (Å²) in [5, 5.41) is 14.1. The summed E-state index contributed by atoms with van der Waals surface area (Å²) in [5.74, 6) is 0. The Bertz CT molecular complexity index is 4880. The molecule has 0 aliphatic heterocycles. The number of fused-ring (bicyclic) bond motifs is 18. The highest BCUT2D eigenvalue weighted by atomic mass is 16.3. The molecule has 17 aromatic rings. The summed E-state index contributed by atoms with van der Waals surface area (Å²) in [4.78, 5) is 4.84.